The Labute approximate surface area is 153 Å². The molecular weight excluding hydrogens is 376 g/mol. The maximum absolute atomic E-state index is 12.7. The molecule has 3 heterocycles. The van der Waals surface area contributed by atoms with Gasteiger partial charge in [-0.1, -0.05) is 18.2 Å². The second-order valence-electron chi connectivity index (χ2n) is 5.84. The molecule has 4 rings (SSSR count). The molecule has 136 valence electrons. The predicted molar refractivity (Wildman–Crippen MR) is 96.4 cm³/mol. The molecule has 2 aromatic heterocycles. The maximum Gasteiger partial charge on any atom is 0.262 e. The van der Waals surface area contributed by atoms with Crippen molar-refractivity contribution in [2.45, 2.75) is 11.1 Å². The molecule has 1 amide bonds. The van der Waals surface area contributed by atoms with Crippen LogP contribution in [0, 0.1) is 0 Å². The summed E-state index contributed by atoms with van der Waals surface area (Å²) in [6.45, 7) is 0.534. The standard InChI is InChI=1S/C16H16N4O4S2/c17-16(21)15-14(10-3-1-2-4-12(10)25-15)11-8-20(5-6-24-11)26(22,23)13-7-18-9-19-13/h1-4,7,9,11H,5-6,8H2,(H2,17,21)(H,18,19). The summed E-state index contributed by atoms with van der Waals surface area (Å²) in [4.78, 5) is 18.8. The van der Waals surface area contributed by atoms with Gasteiger partial charge in [-0.3, -0.25) is 4.79 Å². The van der Waals surface area contributed by atoms with Gasteiger partial charge in [0.05, 0.1) is 23.9 Å². The minimum absolute atomic E-state index is 0.0385. The molecule has 0 spiro atoms. The average molecular weight is 392 g/mol. The minimum atomic E-state index is -3.73. The van der Waals surface area contributed by atoms with E-state index in [0.29, 0.717) is 10.4 Å². The number of primary amides is 1. The Morgan fingerprint density at radius 1 is 1.38 bits per heavy atom. The zero-order chi connectivity index (χ0) is 18.3. The number of thiophene rings is 1. The van der Waals surface area contributed by atoms with Crippen LogP contribution in [0.2, 0.25) is 0 Å². The van der Waals surface area contributed by atoms with Gasteiger partial charge in [0.1, 0.15) is 0 Å². The molecule has 0 saturated carbocycles. The van der Waals surface area contributed by atoms with Crippen molar-refractivity contribution in [1.82, 2.24) is 14.3 Å². The summed E-state index contributed by atoms with van der Waals surface area (Å²) >= 11 is 1.29. The van der Waals surface area contributed by atoms with Crippen LogP contribution in [-0.4, -0.2) is 48.3 Å². The van der Waals surface area contributed by atoms with Crippen LogP contribution in [0.15, 0.2) is 41.8 Å². The Hall–Kier alpha value is -2.27. The van der Waals surface area contributed by atoms with Crippen molar-refractivity contribution in [2.75, 3.05) is 19.7 Å². The Morgan fingerprint density at radius 2 is 2.19 bits per heavy atom. The van der Waals surface area contributed by atoms with Gasteiger partial charge in [0, 0.05) is 29.5 Å². The number of carbonyl (C=O) groups excluding carboxylic acids is 1. The van der Waals surface area contributed by atoms with Gasteiger partial charge in [0.25, 0.3) is 15.9 Å². The Morgan fingerprint density at radius 3 is 2.92 bits per heavy atom. The first-order chi connectivity index (χ1) is 12.5. The average Bonchev–Trinajstić information content (AvgIpc) is 3.30. The van der Waals surface area contributed by atoms with Gasteiger partial charge < -0.3 is 15.5 Å². The summed E-state index contributed by atoms with van der Waals surface area (Å²) in [5.41, 5.74) is 6.21. The van der Waals surface area contributed by atoms with E-state index in [0.717, 1.165) is 10.1 Å². The van der Waals surface area contributed by atoms with Crippen molar-refractivity contribution >= 4 is 37.4 Å². The van der Waals surface area contributed by atoms with E-state index in [4.69, 9.17) is 10.5 Å². The number of H-pyrrole nitrogens is 1. The molecule has 1 aliphatic rings. The van der Waals surface area contributed by atoms with Gasteiger partial charge in [0.15, 0.2) is 5.03 Å². The fraction of sp³-hybridized carbons (Fsp3) is 0.250. The molecule has 3 N–H and O–H groups in total. The largest absolute Gasteiger partial charge is 0.371 e. The normalized spacial score (nSPS) is 19.0. The highest BCUT2D eigenvalue weighted by molar-refractivity contribution is 7.89. The van der Waals surface area contributed by atoms with Crippen molar-refractivity contribution in [2.24, 2.45) is 5.73 Å². The molecule has 0 bridgehead atoms. The summed E-state index contributed by atoms with van der Waals surface area (Å²) in [5.74, 6) is -0.544. The van der Waals surface area contributed by atoms with E-state index in [-0.39, 0.29) is 24.7 Å². The summed E-state index contributed by atoms with van der Waals surface area (Å²) in [6.07, 6.45) is 2.09. The first-order valence-electron chi connectivity index (χ1n) is 7.90. The summed E-state index contributed by atoms with van der Waals surface area (Å²) in [6, 6.07) is 7.53. The van der Waals surface area contributed by atoms with Crippen LogP contribution in [-0.2, 0) is 14.8 Å². The van der Waals surface area contributed by atoms with E-state index >= 15 is 0 Å². The Balaban J connectivity index is 1.74. The summed E-state index contributed by atoms with van der Waals surface area (Å²) < 4.78 is 33.6. The third-order valence-corrected chi connectivity index (χ3v) is 7.25. The van der Waals surface area contributed by atoms with Crippen LogP contribution in [0.3, 0.4) is 0 Å². The van der Waals surface area contributed by atoms with Crippen LogP contribution < -0.4 is 5.73 Å². The van der Waals surface area contributed by atoms with Gasteiger partial charge in [-0.05, 0) is 11.5 Å². The fourth-order valence-corrected chi connectivity index (χ4v) is 5.53. The van der Waals surface area contributed by atoms with Gasteiger partial charge >= 0.3 is 0 Å². The molecule has 1 atom stereocenters. The van der Waals surface area contributed by atoms with Crippen LogP contribution >= 0.6 is 11.3 Å². The molecule has 1 aliphatic heterocycles. The lowest BCUT2D eigenvalue weighted by atomic mass is 10.0. The van der Waals surface area contributed by atoms with Gasteiger partial charge in [-0.25, -0.2) is 13.4 Å². The topological polar surface area (TPSA) is 118 Å². The van der Waals surface area contributed by atoms with E-state index < -0.39 is 22.0 Å². The number of rotatable bonds is 4. The number of ether oxygens (including phenoxy) is 1. The predicted octanol–water partition coefficient (Wildman–Crippen LogP) is 1.49. The second-order valence-corrected chi connectivity index (χ2v) is 8.77. The number of fused-ring (bicyclic) bond motifs is 1. The van der Waals surface area contributed by atoms with E-state index in [9.17, 15) is 13.2 Å². The molecule has 0 radical (unpaired) electrons. The lowest BCUT2D eigenvalue weighted by Gasteiger charge is -2.32. The van der Waals surface area contributed by atoms with Crippen LogP contribution in [0.5, 0.6) is 0 Å². The summed E-state index contributed by atoms with van der Waals surface area (Å²) in [7, 11) is -3.73. The number of benzene rings is 1. The molecular formula is C16H16N4O4S2. The molecule has 10 heteroatoms. The number of amides is 1. The number of sulfonamides is 1. The Bertz CT molecular complexity index is 1060. The number of nitrogens with two attached hydrogens (primary N) is 1. The number of morpholine rings is 1. The third kappa shape index (κ3) is 2.80. The van der Waals surface area contributed by atoms with E-state index in [1.807, 2.05) is 24.3 Å². The van der Waals surface area contributed by atoms with Crippen molar-refractivity contribution < 1.29 is 17.9 Å². The molecule has 26 heavy (non-hydrogen) atoms. The Kier molecular flexibility index (Phi) is 4.27. The zero-order valence-corrected chi connectivity index (χ0v) is 15.2. The molecule has 0 aliphatic carbocycles. The van der Waals surface area contributed by atoms with E-state index in [2.05, 4.69) is 9.97 Å². The highest BCUT2D eigenvalue weighted by atomic mass is 32.2. The molecule has 1 saturated heterocycles. The van der Waals surface area contributed by atoms with Gasteiger partial charge in [-0.2, -0.15) is 4.31 Å². The molecule has 8 nitrogen and oxygen atoms in total. The van der Waals surface area contributed by atoms with Gasteiger partial charge in [0.2, 0.25) is 0 Å². The zero-order valence-electron chi connectivity index (χ0n) is 13.6. The van der Waals surface area contributed by atoms with E-state index in [1.54, 1.807) is 0 Å². The monoisotopic (exact) mass is 392 g/mol. The number of aromatic nitrogens is 2. The van der Waals surface area contributed by atoms with Crippen molar-refractivity contribution in [3.8, 4) is 0 Å². The summed E-state index contributed by atoms with van der Waals surface area (Å²) in [5, 5.41) is 0.818. The first kappa shape index (κ1) is 17.2. The number of hydrogen-bond donors (Lipinski definition) is 2. The number of imidazole rings is 1. The minimum Gasteiger partial charge on any atom is -0.371 e. The maximum atomic E-state index is 12.7. The lowest BCUT2D eigenvalue weighted by molar-refractivity contribution is -0.00195. The van der Waals surface area contributed by atoms with Crippen molar-refractivity contribution in [1.29, 1.82) is 0 Å². The fourth-order valence-electron chi connectivity index (χ4n) is 3.11. The van der Waals surface area contributed by atoms with Crippen LogP contribution in [0.1, 0.15) is 21.3 Å². The number of carbonyl (C=O) groups is 1. The SMILES string of the molecule is NC(=O)c1sc2ccccc2c1C1CN(S(=O)(=O)c2c[nH]cn2)CCO1. The lowest BCUT2D eigenvalue weighted by Crippen LogP contribution is -2.42. The number of hydrogen-bond acceptors (Lipinski definition) is 6. The third-order valence-electron chi connectivity index (χ3n) is 4.29. The number of aromatic amines is 1. The van der Waals surface area contributed by atoms with E-state index in [1.165, 1.54) is 28.2 Å². The quantitative estimate of drug-likeness (QED) is 0.697. The second kappa shape index (κ2) is 6.47. The molecule has 3 aromatic rings. The first-order valence-corrected chi connectivity index (χ1v) is 10.2. The van der Waals surface area contributed by atoms with Crippen LogP contribution in [0.4, 0.5) is 0 Å². The molecule has 1 aromatic carbocycles. The molecule has 1 fully saturated rings. The highest BCUT2D eigenvalue weighted by Gasteiger charge is 2.35. The highest BCUT2D eigenvalue weighted by Crippen LogP contribution is 2.38. The smallest absolute Gasteiger partial charge is 0.262 e. The van der Waals surface area contributed by atoms with Crippen molar-refractivity contribution in [3.63, 3.8) is 0 Å². The number of nitrogens with zero attached hydrogens (tertiary/aromatic N) is 2. The van der Waals surface area contributed by atoms with Crippen LogP contribution in [0.25, 0.3) is 10.1 Å². The molecule has 1 unspecified atom stereocenters. The van der Waals surface area contributed by atoms with Gasteiger partial charge in [-0.15, -0.1) is 11.3 Å². The number of nitrogens with one attached hydrogen (secondary N) is 1. The van der Waals surface area contributed by atoms with Crippen molar-refractivity contribution in [3.05, 3.63) is 47.2 Å².